The van der Waals surface area contributed by atoms with E-state index in [4.69, 9.17) is 0 Å². The zero-order chi connectivity index (χ0) is 85.5. The van der Waals surface area contributed by atoms with Crippen LogP contribution in [0.5, 0.6) is 0 Å². The molecule has 0 spiro atoms. The van der Waals surface area contributed by atoms with E-state index >= 15 is 19.2 Å². The van der Waals surface area contributed by atoms with E-state index in [1.165, 1.54) is 83.4 Å². The average molecular weight is 1650 g/mol. The molecule has 0 unspecified atom stereocenters. The van der Waals surface area contributed by atoms with E-state index in [1.807, 2.05) is 72.8 Å². The van der Waals surface area contributed by atoms with E-state index in [0.29, 0.717) is 133 Å². The zero-order valence-corrected chi connectivity index (χ0v) is 73.0. The molecule has 4 heterocycles. The molecule has 0 atom stereocenters. The number of aryl methyl sites for hydroxylation is 8. The lowest BCUT2D eigenvalue weighted by molar-refractivity contribution is 0.0590. The third-order valence-electron chi connectivity index (χ3n) is 27.4. The van der Waals surface area contributed by atoms with Crippen molar-refractivity contribution in [1.82, 2.24) is 19.6 Å². The van der Waals surface area contributed by atoms with Crippen molar-refractivity contribution in [3.63, 3.8) is 0 Å². The van der Waals surface area contributed by atoms with Crippen LogP contribution in [0.15, 0.2) is 194 Å². The molecule has 14 aromatic carbocycles. The van der Waals surface area contributed by atoms with Crippen molar-refractivity contribution in [2.75, 3.05) is 26.2 Å². The SMILES string of the molecule is CCCCCCCCN1C(=O)c2c(CCc3ccccc3)cc3c4cc(CCc5ccccc5)c5c6c(c(CCc7ccccc7)cc(c7cc(CCc8ccccc8)c(c2c37)C1=O)c64)C(=O)N(CCCCCCCC)C5=O.CCCCCCCCN1C(=O)c2ccc3c4ccc5c6c(ccc(c7ccc(c2c37)C1=O)c64)C(=O)N(CCCCCCCC)C5=O. The van der Waals surface area contributed by atoms with Gasteiger partial charge < -0.3 is 0 Å². The molecule has 4 aliphatic heterocycles. The molecule has 14 aromatic rings. The molecule has 124 heavy (non-hydrogen) atoms. The molecular weight excluding hydrogens is 1530 g/mol. The topological polar surface area (TPSA) is 150 Å². The van der Waals surface area contributed by atoms with E-state index in [9.17, 15) is 19.2 Å². The molecule has 0 fully saturated rings. The van der Waals surface area contributed by atoms with Gasteiger partial charge in [0.2, 0.25) is 0 Å². The molecule has 18 rings (SSSR count). The number of carbonyl (C=O) groups excluding carboxylic acids is 8. The highest BCUT2D eigenvalue weighted by Gasteiger charge is 2.43. The van der Waals surface area contributed by atoms with Gasteiger partial charge in [-0.15, -0.1) is 0 Å². The lowest BCUT2D eigenvalue weighted by Gasteiger charge is -2.34. The fourth-order valence-electron chi connectivity index (χ4n) is 20.9. The van der Waals surface area contributed by atoms with E-state index < -0.39 is 0 Å². The standard InChI is InChI=1S/C72H74N2O4.C40H42N2O4/c1-3-5-7-9-11-25-43-73-69(75)61-53(39-35-49-27-17-13-18-28-49)45-57-59-47-55(41-37-51-31-21-15-22-32-51)63-68-64(72(78)74(71(63)77)44-26-12-10-8-6-4-2)56(42-38-52-33-23-16-24-34-52)48-60(66(59)68)58-46-54(40-36-50-29-19-14-20-30-50)62(70(73)76)67(61)65(57)58;1-3-5-7-9-11-13-23-41-37(43)29-19-15-25-27-17-21-31-36-32(40(46)42(39(31)45)24-14-12-10-8-6-4-2)22-18-28(34(27)36)26-16-20-30(38(41)44)35(29)33(25)26/h13-24,27-34,45-48H,3-12,25-26,35-44H2,1-2H3;15-22H,3-14,23-24H2,1-2H3. The van der Waals surface area contributed by atoms with Crippen LogP contribution in [0.1, 0.15) is 309 Å². The number of rotatable bonds is 40. The predicted octanol–water partition coefficient (Wildman–Crippen LogP) is 26.4. The highest BCUT2D eigenvalue weighted by atomic mass is 16.2. The van der Waals surface area contributed by atoms with Crippen LogP contribution in [0, 0.1) is 0 Å². The summed E-state index contributed by atoms with van der Waals surface area (Å²) in [4.78, 5) is 123. The first-order chi connectivity index (χ1) is 60.8. The molecule has 0 aromatic heterocycles. The Kier molecular flexibility index (Phi) is 26.0. The van der Waals surface area contributed by atoms with E-state index in [-0.39, 0.29) is 47.3 Å². The summed E-state index contributed by atoms with van der Waals surface area (Å²) in [5.41, 5.74) is 13.2. The number of benzene rings is 14. The van der Waals surface area contributed by atoms with E-state index in [0.717, 1.165) is 200 Å². The maximum Gasteiger partial charge on any atom is 0.261 e. The molecule has 0 N–H and O–H groups in total. The highest BCUT2D eigenvalue weighted by Crippen LogP contribution is 2.52. The van der Waals surface area contributed by atoms with Gasteiger partial charge in [0.15, 0.2) is 0 Å². The molecule has 12 heteroatoms. The number of unbranched alkanes of at least 4 members (excludes halogenated alkanes) is 20. The van der Waals surface area contributed by atoms with Crippen LogP contribution < -0.4 is 0 Å². The molecule has 0 saturated carbocycles. The van der Waals surface area contributed by atoms with Gasteiger partial charge in [-0.2, -0.15) is 0 Å². The maximum absolute atomic E-state index is 15.6. The zero-order valence-electron chi connectivity index (χ0n) is 73.0. The molecule has 0 bridgehead atoms. The monoisotopic (exact) mass is 1640 g/mol. The number of hydrogen-bond acceptors (Lipinski definition) is 8. The molecule has 4 aliphatic rings. The number of carbonyl (C=O) groups is 8. The van der Waals surface area contributed by atoms with Crippen molar-refractivity contribution in [3.8, 4) is 0 Å². The van der Waals surface area contributed by atoms with Gasteiger partial charge in [-0.25, -0.2) is 0 Å². The summed E-state index contributed by atoms with van der Waals surface area (Å²) in [5.74, 6) is -1.73. The highest BCUT2D eigenvalue weighted by molar-refractivity contribution is 6.44. The largest absolute Gasteiger partial charge is 0.274 e. The minimum absolute atomic E-state index is 0.202. The molecule has 0 saturated heterocycles. The number of amides is 8. The summed E-state index contributed by atoms with van der Waals surface area (Å²) in [6.45, 7) is 10.4. The second-order valence-electron chi connectivity index (χ2n) is 35.5. The van der Waals surface area contributed by atoms with Crippen LogP contribution in [0.4, 0.5) is 0 Å². The average Bonchev–Trinajstić information content (AvgIpc) is 0.690. The lowest BCUT2D eigenvalue weighted by atomic mass is 9.76. The Morgan fingerprint density at radius 1 is 0.185 bits per heavy atom. The van der Waals surface area contributed by atoms with Gasteiger partial charge in [0, 0.05) is 70.0 Å². The van der Waals surface area contributed by atoms with Gasteiger partial charge in [0.05, 0.1) is 22.3 Å². The van der Waals surface area contributed by atoms with Gasteiger partial charge in [-0.3, -0.25) is 58.0 Å². The maximum atomic E-state index is 15.6. The Hall–Kier alpha value is -11.8. The van der Waals surface area contributed by atoms with Crippen molar-refractivity contribution in [2.45, 2.75) is 233 Å². The second kappa shape index (κ2) is 38.2. The molecule has 0 aliphatic carbocycles. The van der Waals surface area contributed by atoms with Gasteiger partial charge >= 0.3 is 0 Å². The first kappa shape index (κ1) is 84.5. The van der Waals surface area contributed by atoms with Crippen LogP contribution in [0.3, 0.4) is 0 Å². The predicted molar refractivity (Wildman–Crippen MR) is 506 cm³/mol. The fourth-order valence-corrected chi connectivity index (χ4v) is 20.9. The molecule has 632 valence electrons. The summed E-state index contributed by atoms with van der Waals surface area (Å²) in [7, 11) is 0. The second-order valence-corrected chi connectivity index (χ2v) is 35.5. The number of nitrogens with zero attached hydrogens (tertiary/aromatic N) is 4. The number of imide groups is 4. The normalized spacial score (nSPS) is 13.9. The summed E-state index contributed by atoms with van der Waals surface area (Å²) >= 11 is 0. The van der Waals surface area contributed by atoms with Crippen molar-refractivity contribution < 1.29 is 38.4 Å². The Labute approximate surface area is 729 Å². The first-order valence-corrected chi connectivity index (χ1v) is 46.9. The quantitative estimate of drug-likeness (QED) is 0.0159. The Morgan fingerprint density at radius 3 is 0.613 bits per heavy atom. The third kappa shape index (κ3) is 16.3. The minimum Gasteiger partial charge on any atom is -0.274 e. The third-order valence-corrected chi connectivity index (χ3v) is 27.4. The molecule has 0 radical (unpaired) electrons. The minimum atomic E-state index is -0.229. The van der Waals surface area contributed by atoms with Crippen LogP contribution in [0.2, 0.25) is 0 Å². The summed E-state index contributed by atoms with van der Waals surface area (Å²) in [5, 5.41) is 14.1. The van der Waals surface area contributed by atoms with Crippen molar-refractivity contribution in [1.29, 1.82) is 0 Å². The Balaban J connectivity index is 0.000000201. The molecule has 12 nitrogen and oxygen atoms in total. The van der Waals surface area contributed by atoms with Crippen LogP contribution in [-0.2, 0) is 51.4 Å². The molecular formula is C112H116N4O8. The fraction of sp³-hybridized carbons (Fsp3) is 0.357. The van der Waals surface area contributed by atoms with Crippen LogP contribution in [-0.4, -0.2) is 93.0 Å². The van der Waals surface area contributed by atoms with Gasteiger partial charge in [-0.05, 0) is 235 Å². The van der Waals surface area contributed by atoms with Crippen molar-refractivity contribution in [2.24, 2.45) is 0 Å². The van der Waals surface area contributed by atoms with E-state index in [2.05, 4.69) is 149 Å². The van der Waals surface area contributed by atoms with Crippen molar-refractivity contribution in [3.05, 3.63) is 283 Å². The molecule has 8 amide bonds. The van der Waals surface area contributed by atoms with Gasteiger partial charge in [0.1, 0.15) is 0 Å². The Morgan fingerprint density at radius 2 is 0.387 bits per heavy atom. The summed E-state index contributed by atoms with van der Waals surface area (Å²) < 4.78 is 0. The summed E-state index contributed by atoms with van der Waals surface area (Å²) in [6.07, 6.45) is 30.9. The van der Waals surface area contributed by atoms with Crippen molar-refractivity contribution >= 4 is 133 Å². The lowest BCUT2D eigenvalue weighted by Crippen LogP contribution is -2.42. The first-order valence-electron chi connectivity index (χ1n) is 46.9. The number of hydrogen-bond donors (Lipinski definition) is 0. The van der Waals surface area contributed by atoms with Gasteiger partial charge in [-0.1, -0.05) is 302 Å². The smallest absolute Gasteiger partial charge is 0.261 e. The van der Waals surface area contributed by atoms with Crippen LogP contribution in [0.25, 0.3) is 86.2 Å². The summed E-state index contributed by atoms with van der Waals surface area (Å²) in [6, 6.07) is 66.2. The van der Waals surface area contributed by atoms with Gasteiger partial charge in [0.25, 0.3) is 47.3 Å². The van der Waals surface area contributed by atoms with Crippen LogP contribution >= 0.6 is 0 Å². The number of fused-ring (bicyclic) bond motifs is 4. The Bertz CT molecular complexity index is 5670. The van der Waals surface area contributed by atoms with E-state index in [1.54, 1.807) is 9.80 Å².